The number of pyridine rings is 1. The fourth-order valence-electron chi connectivity index (χ4n) is 1.84. The van der Waals surface area contributed by atoms with Crippen molar-refractivity contribution in [1.29, 1.82) is 0 Å². The summed E-state index contributed by atoms with van der Waals surface area (Å²) in [6, 6.07) is 3.71. The third-order valence-electron chi connectivity index (χ3n) is 3.70. The van der Waals surface area contributed by atoms with Gasteiger partial charge in [-0.05, 0) is 45.9 Å². The number of methoxy groups -OCH3 is 1. The Morgan fingerprint density at radius 2 is 1.84 bits per heavy atom. The van der Waals surface area contributed by atoms with E-state index >= 15 is 0 Å². The summed E-state index contributed by atoms with van der Waals surface area (Å²) in [4.78, 5) is 4.26. The topological polar surface area (TPSA) is 40.6 Å². The van der Waals surface area contributed by atoms with Gasteiger partial charge in [-0.3, -0.25) is 4.98 Å². The van der Waals surface area contributed by atoms with Crippen LogP contribution in [0.2, 0.25) is 0 Å². The van der Waals surface area contributed by atoms with Crippen molar-refractivity contribution in [2.24, 2.45) is 0 Å². The van der Waals surface area contributed by atoms with Gasteiger partial charge in [0.25, 0.3) is 0 Å². The van der Waals surface area contributed by atoms with Crippen LogP contribution in [0.15, 0.2) is 24.3 Å². The van der Waals surface area contributed by atoms with E-state index in [2.05, 4.69) is 4.98 Å². The molecule has 0 aromatic carbocycles. The number of hydrogen-bond donors (Lipinski definition) is 0. The summed E-state index contributed by atoms with van der Waals surface area (Å²) in [5, 5.41) is 0. The summed E-state index contributed by atoms with van der Waals surface area (Å²) in [6.45, 7) is 8.12. The molecule has 1 aromatic heterocycles. The van der Waals surface area contributed by atoms with E-state index in [-0.39, 0.29) is 18.3 Å². The molecule has 19 heavy (non-hydrogen) atoms. The van der Waals surface area contributed by atoms with Crippen LogP contribution in [-0.4, -0.2) is 30.4 Å². The Labute approximate surface area is 114 Å². The molecule has 0 spiro atoms. The second-order valence-corrected chi connectivity index (χ2v) is 5.57. The molecule has 4 nitrogen and oxygen atoms in total. The minimum absolute atomic E-state index is 0.323. The van der Waals surface area contributed by atoms with Crippen LogP contribution in [0.5, 0.6) is 5.75 Å². The maximum Gasteiger partial charge on any atom is 0.487 e. The first kappa shape index (κ1) is 14.1. The number of ether oxygens (including phenoxy) is 1. The maximum atomic E-state index is 5.88. The first-order valence-corrected chi connectivity index (χ1v) is 6.38. The minimum atomic E-state index is -0.364. The SMILES string of the molecule is COc1cccnc1/C=C/B1OC(C)(C)C(C)(C)O1. The lowest BCUT2D eigenvalue weighted by Crippen LogP contribution is -2.41. The molecule has 0 unspecified atom stereocenters. The van der Waals surface area contributed by atoms with Crippen molar-refractivity contribution < 1.29 is 14.0 Å². The minimum Gasteiger partial charge on any atom is -0.494 e. The van der Waals surface area contributed by atoms with Gasteiger partial charge < -0.3 is 14.0 Å². The molecule has 1 fully saturated rings. The molecule has 0 saturated carbocycles. The molecule has 0 radical (unpaired) electrons. The lowest BCUT2D eigenvalue weighted by molar-refractivity contribution is 0.00578. The Morgan fingerprint density at radius 1 is 1.21 bits per heavy atom. The average molecular weight is 261 g/mol. The zero-order valence-corrected chi connectivity index (χ0v) is 12.1. The third-order valence-corrected chi connectivity index (χ3v) is 3.70. The maximum absolute atomic E-state index is 5.88. The van der Waals surface area contributed by atoms with Crippen LogP contribution in [0.4, 0.5) is 0 Å². The second-order valence-electron chi connectivity index (χ2n) is 5.57. The average Bonchev–Trinajstić information content (AvgIpc) is 2.55. The number of rotatable bonds is 3. The summed E-state index contributed by atoms with van der Waals surface area (Å²) in [5.74, 6) is 2.59. The fraction of sp³-hybridized carbons (Fsp3) is 0.500. The Kier molecular flexibility index (Phi) is 3.70. The van der Waals surface area contributed by atoms with E-state index < -0.39 is 0 Å². The Morgan fingerprint density at radius 3 is 2.42 bits per heavy atom. The highest BCUT2D eigenvalue weighted by Crippen LogP contribution is 2.37. The highest BCUT2D eigenvalue weighted by atomic mass is 16.7. The molecule has 2 heterocycles. The van der Waals surface area contributed by atoms with Gasteiger partial charge in [-0.25, -0.2) is 0 Å². The summed E-state index contributed by atoms with van der Waals surface area (Å²) in [7, 11) is 1.26. The first-order chi connectivity index (χ1) is 8.86. The normalized spacial score (nSPS) is 21.0. The molecule has 1 aliphatic heterocycles. The van der Waals surface area contributed by atoms with E-state index in [1.807, 2.05) is 51.9 Å². The van der Waals surface area contributed by atoms with E-state index in [4.69, 9.17) is 14.0 Å². The fourth-order valence-corrected chi connectivity index (χ4v) is 1.84. The molecule has 2 rings (SSSR count). The quantitative estimate of drug-likeness (QED) is 0.784. The smallest absolute Gasteiger partial charge is 0.487 e. The van der Waals surface area contributed by atoms with E-state index in [0.29, 0.717) is 0 Å². The van der Waals surface area contributed by atoms with Crippen LogP contribution < -0.4 is 4.74 Å². The van der Waals surface area contributed by atoms with Gasteiger partial charge in [0.1, 0.15) is 11.4 Å². The number of hydrogen-bond acceptors (Lipinski definition) is 4. The molecule has 0 atom stereocenters. The Bertz CT molecular complexity index is 469. The van der Waals surface area contributed by atoms with Crippen LogP contribution >= 0.6 is 0 Å². The Balaban J connectivity index is 2.13. The number of nitrogens with zero attached hydrogens (tertiary/aromatic N) is 1. The van der Waals surface area contributed by atoms with E-state index in [1.165, 1.54) is 0 Å². The molecule has 0 aliphatic carbocycles. The summed E-state index contributed by atoms with van der Waals surface area (Å²) >= 11 is 0. The standard InChI is InChI=1S/C14H20BNO3/c1-13(2)14(3,4)19-15(18-13)9-8-11-12(17-5)7-6-10-16-11/h6-10H,1-5H3/b9-8+. The molecule has 0 N–H and O–H groups in total. The van der Waals surface area contributed by atoms with Gasteiger partial charge in [-0.2, -0.15) is 0 Å². The van der Waals surface area contributed by atoms with Crippen molar-refractivity contribution >= 4 is 13.2 Å². The van der Waals surface area contributed by atoms with Crippen molar-refractivity contribution in [1.82, 2.24) is 4.98 Å². The van der Waals surface area contributed by atoms with Crippen molar-refractivity contribution in [2.75, 3.05) is 7.11 Å². The monoisotopic (exact) mass is 261 g/mol. The van der Waals surface area contributed by atoms with Gasteiger partial charge in [-0.1, -0.05) is 5.98 Å². The van der Waals surface area contributed by atoms with Gasteiger partial charge in [-0.15, -0.1) is 0 Å². The van der Waals surface area contributed by atoms with Crippen LogP contribution in [0.3, 0.4) is 0 Å². The molecule has 1 aliphatic rings. The first-order valence-electron chi connectivity index (χ1n) is 6.38. The van der Waals surface area contributed by atoms with Crippen molar-refractivity contribution in [2.45, 2.75) is 38.9 Å². The largest absolute Gasteiger partial charge is 0.494 e. The molecule has 102 valence electrons. The molecular weight excluding hydrogens is 241 g/mol. The van der Waals surface area contributed by atoms with E-state index in [1.54, 1.807) is 13.3 Å². The van der Waals surface area contributed by atoms with Crippen LogP contribution in [0.1, 0.15) is 33.4 Å². The van der Waals surface area contributed by atoms with E-state index in [9.17, 15) is 0 Å². The third kappa shape index (κ3) is 2.82. The lowest BCUT2D eigenvalue weighted by Gasteiger charge is -2.32. The molecule has 0 bridgehead atoms. The van der Waals surface area contributed by atoms with Crippen LogP contribution in [0.25, 0.3) is 6.08 Å². The van der Waals surface area contributed by atoms with E-state index in [0.717, 1.165) is 11.4 Å². The lowest BCUT2D eigenvalue weighted by atomic mass is 9.89. The molecular formula is C14H20BNO3. The van der Waals surface area contributed by atoms with Gasteiger partial charge >= 0.3 is 7.12 Å². The summed E-state index contributed by atoms with van der Waals surface area (Å²) in [5.41, 5.74) is 0.117. The second kappa shape index (κ2) is 4.98. The molecule has 0 amide bonds. The Hall–Kier alpha value is -1.33. The zero-order valence-electron chi connectivity index (χ0n) is 12.1. The van der Waals surface area contributed by atoms with Gasteiger partial charge in [0.15, 0.2) is 0 Å². The predicted molar refractivity (Wildman–Crippen MR) is 75.9 cm³/mol. The van der Waals surface area contributed by atoms with Gasteiger partial charge in [0.2, 0.25) is 0 Å². The van der Waals surface area contributed by atoms with Crippen LogP contribution in [0, 0.1) is 0 Å². The molecule has 1 saturated heterocycles. The highest BCUT2D eigenvalue weighted by Gasteiger charge is 2.50. The van der Waals surface area contributed by atoms with Gasteiger partial charge in [0.05, 0.1) is 18.3 Å². The summed E-state index contributed by atoms with van der Waals surface area (Å²) in [6.07, 6.45) is 3.59. The van der Waals surface area contributed by atoms with Crippen molar-refractivity contribution in [3.05, 3.63) is 30.0 Å². The molecule has 5 heteroatoms. The zero-order chi connectivity index (χ0) is 14.1. The number of aromatic nitrogens is 1. The highest BCUT2D eigenvalue weighted by molar-refractivity contribution is 6.52. The van der Waals surface area contributed by atoms with Crippen molar-refractivity contribution in [3.63, 3.8) is 0 Å². The van der Waals surface area contributed by atoms with Gasteiger partial charge in [0, 0.05) is 6.20 Å². The predicted octanol–water partition coefficient (Wildman–Crippen LogP) is 2.73. The summed E-state index contributed by atoms with van der Waals surface area (Å²) < 4.78 is 17.0. The molecule has 1 aromatic rings. The van der Waals surface area contributed by atoms with Crippen molar-refractivity contribution in [3.8, 4) is 5.75 Å². The van der Waals surface area contributed by atoms with Crippen LogP contribution in [-0.2, 0) is 9.31 Å².